The number of carboxylic acids is 2. The lowest BCUT2D eigenvalue weighted by atomic mass is 10.1. The first kappa shape index (κ1) is 21.1. The minimum Gasteiger partial charge on any atom is -0.480 e. The average molecular weight is 291 g/mol. The van der Waals surface area contributed by atoms with Crippen LogP contribution in [0.25, 0.3) is 0 Å². The van der Waals surface area contributed by atoms with E-state index in [9.17, 15) is 9.59 Å². The highest BCUT2D eigenvalue weighted by Gasteiger charge is 2.17. The summed E-state index contributed by atoms with van der Waals surface area (Å²) < 4.78 is 0. The molecule has 0 spiro atoms. The Hall–Kier alpha value is -1.18. The Bertz CT molecular complexity index is 272. The van der Waals surface area contributed by atoms with Crippen LogP contribution in [0.1, 0.15) is 33.1 Å². The highest BCUT2D eigenvalue weighted by Crippen LogP contribution is 2.00. The first-order valence-electron chi connectivity index (χ1n) is 6.81. The fraction of sp³-hybridized carbons (Fsp3) is 0.846. The Kier molecular flexibility index (Phi) is 13.6. The van der Waals surface area contributed by atoms with Crippen molar-refractivity contribution in [2.45, 2.75) is 45.2 Å². The topological polar surface area (TPSA) is 125 Å². The first-order chi connectivity index (χ1) is 9.31. The summed E-state index contributed by atoms with van der Waals surface area (Å²) in [7, 11) is 3.31. The second kappa shape index (κ2) is 12.8. The molecule has 0 aliphatic rings. The molecule has 0 fully saturated rings. The molecule has 0 aromatic carbocycles. The van der Waals surface area contributed by atoms with Gasteiger partial charge < -0.3 is 26.6 Å². The van der Waals surface area contributed by atoms with Crippen LogP contribution in [0, 0.1) is 5.92 Å². The molecular weight excluding hydrogens is 262 g/mol. The van der Waals surface area contributed by atoms with Crippen LogP contribution in [-0.4, -0.2) is 54.9 Å². The summed E-state index contributed by atoms with van der Waals surface area (Å²) in [6.45, 7) is 4.38. The van der Waals surface area contributed by atoms with Gasteiger partial charge >= 0.3 is 11.9 Å². The zero-order valence-corrected chi connectivity index (χ0v) is 12.8. The minimum absolute atomic E-state index is 0.146. The molecule has 0 rings (SSSR count). The predicted molar refractivity (Wildman–Crippen MR) is 78.7 cm³/mol. The molecule has 0 saturated carbocycles. The monoisotopic (exact) mass is 291 g/mol. The summed E-state index contributed by atoms with van der Waals surface area (Å²) in [6, 6.07) is -0.827. The Labute approximate surface area is 120 Å². The molecule has 0 aliphatic carbocycles. The summed E-state index contributed by atoms with van der Waals surface area (Å²) in [4.78, 5) is 20.7. The smallest absolute Gasteiger partial charge is 0.320 e. The Morgan fingerprint density at radius 2 is 1.60 bits per heavy atom. The van der Waals surface area contributed by atoms with Gasteiger partial charge in [-0.2, -0.15) is 0 Å². The summed E-state index contributed by atoms with van der Waals surface area (Å²) >= 11 is 0. The van der Waals surface area contributed by atoms with Gasteiger partial charge in [-0.1, -0.05) is 20.3 Å². The van der Waals surface area contributed by atoms with E-state index in [4.69, 9.17) is 15.9 Å². The molecule has 2 unspecified atom stereocenters. The summed E-state index contributed by atoms with van der Waals surface area (Å²) in [5, 5.41) is 22.5. The summed E-state index contributed by atoms with van der Waals surface area (Å²) in [5.41, 5.74) is 5.26. The van der Waals surface area contributed by atoms with E-state index >= 15 is 0 Å². The quantitative estimate of drug-likeness (QED) is 0.382. The molecule has 20 heavy (non-hydrogen) atoms. The molecule has 120 valence electrons. The summed E-state index contributed by atoms with van der Waals surface area (Å²) in [5.74, 6) is -1.43. The van der Waals surface area contributed by atoms with Crippen molar-refractivity contribution in [3.63, 3.8) is 0 Å². The lowest BCUT2D eigenvalue weighted by molar-refractivity contribution is -0.141. The van der Waals surface area contributed by atoms with Gasteiger partial charge in [-0.3, -0.25) is 9.59 Å². The number of nitrogens with two attached hydrogens (primary N) is 1. The van der Waals surface area contributed by atoms with E-state index in [1.54, 1.807) is 14.1 Å². The molecule has 0 aromatic rings. The molecule has 0 amide bonds. The van der Waals surface area contributed by atoms with Crippen LogP contribution in [0.15, 0.2) is 0 Å². The number of hydrogen-bond donors (Lipinski definition) is 5. The van der Waals surface area contributed by atoms with Crippen molar-refractivity contribution >= 4 is 11.9 Å². The maximum atomic E-state index is 10.4. The Balaban J connectivity index is 0. The standard InChI is InChI=1S/C7H16N2O2.C6H13NO2/c1-9-6(7(10)11)4-2-3-5-8;1-4(2)5(7-3)6(8)9/h6,9H,2-5,8H2,1H3,(H,10,11);4-5,7H,1-3H3,(H,8,9). The number of nitrogens with one attached hydrogen (secondary N) is 2. The number of likely N-dealkylation sites (N-methyl/N-ethyl adjacent to an activating group) is 2. The average Bonchev–Trinajstić information content (AvgIpc) is 2.35. The van der Waals surface area contributed by atoms with Crippen LogP contribution < -0.4 is 16.4 Å². The molecule has 0 radical (unpaired) electrons. The van der Waals surface area contributed by atoms with Gasteiger partial charge in [0.2, 0.25) is 0 Å². The number of carboxylic acid groups (broad SMARTS) is 2. The molecule has 0 bridgehead atoms. The molecule has 2 atom stereocenters. The molecule has 0 aromatic heterocycles. The van der Waals surface area contributed by atoms with Crippen LogP contribution in [0.4, 0.5) is 0 Å². The van der Waals surface area contributed by atoms with Gasteiger partial charge in [0.15, 0.2) is 0 Å². The maximum Gasteiger partial charge on any atom is 0.320 e. The van der Waals surface area contributed by atoms with Gasteiger partial charge in [-0.15, -0.1) is 0 Å². The van der Waals surface area contributed by atoms with E-state index in [0.29, 0.717) is 13.0 Å². The Morgan fingerprint density at radius 3 is 1.80 bits per heavy atom. The molecule has 6 N–H and O–H groups in total. The van der Waals surface area contributed by atoms with Crippen LogP contribution in [-0.2, 0) is 9.59 Å². The van der Waals surface area contributed by atoms with Crippen molar-refractivity contribution in [2.24, 2.45) is 11.7 Å². The first-order valence-corrected chi connectivity index (χ1v) is 6.81. The third-order valence-corrected chi connectivity index (χ3v) is 2.84. The van der Waals surface area contributed by atoms with Crippen LogP contribution >= 0.6 is 0 Å². The van der Waals surface area contributed by atoms with Gasteiger partial charge in [0, 0.05) is 0 Å². The number of rotatable bonds is 9. The SMILES string of the molecule is CNC(C(=O)O)C(C)C.CNC(CCCCN)C(=O)O. The second-order valence-corrected chi connectivity index (χ2v) is 4.81. The van der Waals surface area contributed by atoms with E-state index in [2.05, 4.69) is 10.6 Å². The third kappa shape index (κ3) is 10.7. The molecule has 0 heterocycles. The van der Waals surface area contributed by atoms with E-state index in [1.165, 1.54) is 0 Å². The zero-order chi connectivity index (χ0) is 16.1. The lowest BCUT2D eigenvalue weighted by Gasteiger charge is -2.13. The van der Waals surface area contributed by atoms with Crippen molar-refractivity contribution < 1.29 is 19.8 Å². The Morgan fingerprint density at radius 1 is 1.05 bits per heavy atom. The molecular formula is C13H29N3O4. The van der Waals surface area contributed by atoms with E-state index in [-0.39, 0.29) is 5.92 Å². The molecule has 7 heteroatoms. The largest absolute Gasteiger partial charge is 0.480 e. The van der Waals surface area contributed by atoms with Crippen molar-refractivity contribution in [1.29, 1.82) is 0 Å². The second-order valence-electron chi connectivity index (χ2n) is 4.81. The lowest BCUT2D eigenvalue weighted by Crippen LogP contribution is -2.38. The molecule has 7 nitrogen and oxygen atoms in total. The van der Waals surface area contributed by atoms with Crippen LogP contribution in [0.5, 0.6) is 0 Å². The number of carbonyl (C=O) groups is 2. The van der Waals surface area contributed by atoms with Crippen molar-refractivity contribution in [3.05, 3.63) is 0 Å². The highest BCUT2D eigenvalue weighted by atomic mass is 16.4. The zero-order valence-electron chi connectivity index (χ0n) is 12.8. The van der Waals surface area contributed by atoms with Gasteiger partial charge in [-0.05, 0) is 39.4 Å². The van der Waals surface area contributed by atoms with E-state index < -0.39 is 24.0 Å². The van der Waals surface area contributed by atoms with E-state index in [0.717, 1.165) is 12.8 Å². The van der Waals surface area contributed by atoms with Gasteiger partial charge in [0.25, 0.3) is 0 Å². The normalized spacial score (nSPS) is 13.3. The predicted octanol–water partition coefficient (Wildman–Crippen LogP) is 0.103. The van der Waals surface area contributed by atoms with Gasteiger partial charge in [-0.25, -0.2) is 0 Å². The maximum absolute atomic E-state index is 10.4. The fourth-order valence-electron chi connectivity index (χ4n) is 1.63. The number of unbranched alkanes of at least 4 members (excludes halogenated alkanes) is 1. The number of aliphatic carboxylic acids is 2. The van der Waals surface area contributed by atoms with Gasteiger partial charge in [0.05, 0.1) is 0 Å². The van der Waals surface area contributed by atoms with E-state index in [1.807, 2.05) is 13.8 Å². The van der Waals surface area contributed by atoms with Crippen molar-refractivity contribution in [1.82, 2.24) is 10.6 Å². The minimum atomic E-state index is -0.787. The summed E-state index contributed by atoms with van der Waals surface area (Å²) in [6.07, 6.45) is 2.42. The molecule has 0 saturated heterocycles. The highest BCUT2D eigenvalue weighted by molar-refractivity contribution is 5.73. The third-order valence-electron chi connectivity index (χ3n) is 2.84. The fourth-order valence-corrected chi connectivity index (χ4v) is 1.63. The van der Waals surface area contributed by atoms with Crippen LogP contribution in [0.2, 0.25) is 0 Å². The van der Waals surface area contributed by atoms with Crippen LogP contribution in [0.3, 0.4) is 0 Å². The number of hydrogen-bond acceptors (Lipinski definition) is 5. The molecule has 0 aliphatic heterocycles. The van der Waals surface area contributed by atoms with Gasteiger partial charge in [0.1, 0.15) is 12.1 Å². The van der Waals surface area contributed by atoms with Crippen molar-refractivity contribution in [3.8, 4) is 0 Å². The van der Waals surface area contributed by atoms with Crippen molar-refractivity contribution in [2.75, 3.05) is 20.6 Å².